The highest BCUT2D eigenvalue weighted by Crippen LogP contribution is 2.25. The molecule has 8 nitrogen and oxygen atoms in total. The zero-order chi connectivity index (χ0) is 18.6. The molecule has 134 valence electrons. The van der Waals surface area contributed by atoms with Crippen molar-refractivity contribution in [1.29, 1.82) is 0 Å². The van der Waals surface area contributed by atoms with Gasteiger partial charge in [-0.15, -0.1) is 0 Å². The minimum absolute atomic E-state index is 0.238. The van der Waals surface area contributed by atoms with Gasteiger partial charge in [0, 0.05) is 36.1 Å². The molecule has 1 amide bonds. The van der Waals surface area contributed by atoms with Crippen LogP contribution in [0.2, 0.25) is 0 Å². The van der Waals surface area contributed by atoms with E-state index in [0.717, 1.165) is 17.8 Å². The fourth-order valence-corrected chi connectivity index (χ4v) is 2.65. The molecule has 0 aliphatic heterocycles. The number of aromatic amines is 1. The molecule has 0 unspecified atom stereocenters. The lowest BCUT2D eigenvalue weighted by Gasteiger charge is -2.10. The smallest absolute Gasteiger partial charge is 0.255 e. The van der Waals surface area contributed by atoms with Gasteiger partial charge in [-0.2, -0.15) is 5.10 Å². The minimum Gasteiger partial charge on any atom is -0.321 e. The molecule has 4 aromatic rings. The largest absolute Gasteiger partial charge is 0.321 e. The predicted octanol–water partition coefficient (Wildman–Crippen LogP) is 2.87. The number of anilines is 1. The first-order chi connectivity index (χ1) is 13.2. The van der Waals surface area contributed by atoms with E-state index >= 15 is 0 Å². The summed E-state index contributed by atoms with van der Waals surface area (Å²) in [4.78, 5) is 25.5. The molecule has 0 fully saturated rings. The second kappa shape index (κ2) is 7.20. The molecule has 8 heteroatoms. The van der Waals surface area contributed by atoms with Gasteiger partial charge in [0.1, 0.15) is 18.0 Å². The first-order valence-corrected chi connectivity index (χ1v) is 8.51. The SMILES string of the molecule is CCc1nc(-c2ccccc2NC(=O)c2ccnc(-n3ccnc3)c2)n[nH]1. The van der Waals surface area contributed by atoms with Gasteiger partial charge in [0.05, 0.1) is 5.69 Å². The van der Waals surface area contributed by atoms with Crippen LogP contribution in [0.5, 0.6) is 0 Å². The third-order valence-corrected chi connectivity index (χ3v) is 4.06. The Balaban J connectivity index is 1.61. The number of nitrogens with zero attached hydrogens (tertiary/aromatic N) is 5. The van der Waals surface area contributed by atoms with Crippen LogP contribution in [-0.4, -0.2) is 35.6 Å². The Morgan fingerprint density at radius 3 is 2.89 bits per heavy atom. The quantitative estimate of drug-likeness (QED) is 0.570. The van der Waals surface area contributed by atoms with E-state index in [9.17, 15) is 4.79 Å². The van der Waals surface area contributed by atoms with Crippen LogP contribution >= 0.6 is 0 Å². The molecule has 0 saturated heterocycles. The summed E-state index contributed by atoms with van der Waals surface area (Å²) in [7, 11) is 0. The molecule has 0 saturated carbocycles. The van der Waals surface area contributed by atoms with Gasteiger partial charge in [-0.1, -0.05) is 19.1 Å². The normalized spacial score (nSPS) is 10.7. The Morgan fingerprint density at radius 1 is 1.22 bits per heavy atom. The fourth-order valence-electron chi connectivity index (χ4n) is 2.65. The van der Waals surface area contributed by atoms with Gasteiger partial charge in [0.2, 0.25) is 0 Å². The number of pyridine rings is 1. The summed E-state index contributed by atoms with van der Waals surface area (Å²) in [5.41, 5.74) is 1.89. The number of carbonyl (C=O) groups excluding carboxylic acids is 1. The molecule has 2 N–H and O–H groups in total. The van der Waals surface area contributed by atoms with Crippen LogP contribution in [0.15, 0.2) is 61.3 Å². The Bertz CT molecular complexity index is 1070. The third kappa shape index (κ3) is 3.45. The number of hydrogen-bond acceptors (Lipinski definition) is 5. The number of para-hydroxylation sites is 1. The van der Waals surface area contributed by atoms with Crippen LogP contribution in [0.3, 0.4) is 0 Å². The average Bonchev–Trinajstić information content (AvgIpc) is 3.40. The summed E-state index contributed by atoms with van der Waals surface area (Å²) < 4.78 is 1.74. The summed E-state index contributed by atoms with van der Waals surface area (Å²) in [5.74, 6) is 1.73. The van der Waals surface area contributed by atoms with Gasteiger partial charge in [0.15, 0.2) is 5.82 Å². The standard InChI is InChI=1S/C19H17N7O/c1-2-16-23-18(25-24-16)14-5-3-4-6-15(14)22-19(27)13-7-8-21-17(11-13)26-10-9-20-12-26/h3-12H,2H2,1H3,(H,22,27)(H,23,24,25). The molecule has 0 bridgehead atoms. The van der Waals surface area contributed by atoms with E-state index in [4.69, 9.17) is 0 Å². The Morgan fingerprint density at radius 2 is 2.11 bits per heavy atom. The lowest BCUT2D eigenvalue weighted by molar-refractivity contribution is 0.102. The van der Waals surface area contributed by atoms with Crippen molar-refractivity contribution in [3.8, 4) is 17.2 Å². The molecule has 0 radical (unpaired) electrons. The van der Waals surface area contributed by atoms with Crippen LogP contribution < -0.4 is 5.32 Å². The van der Waals surface area contributed by atoms with Crippen LogP contribution in [0.4, 0.5) is 5.69 Å². The first-order valence-electron chi connectivity index (χ1n) is 8.51. The fraction of sp³-hybridized carbons (Fsp3) is 0.105. The first kappa shape index (κ1) is 16.6. The number of aromatic nitrogens is 6. The molecule has 0 spiro atoms. The second-order valence-corrected chi connectivity index (χ2v) is 5.83. The van der Waals surface area contributed by atoms with Crippen LogP contribution in [0.25, 0.3) is 17.2 Å². The maximum Gasteiger partial charge on any atom is 0.255 e. The van der Waals surface area contributed by atoms with Crippen molar-refractivity contribution in [3.63, 3.8) is 0 Å². The topological polar surface area (TPSA) is 101 Å². The molecule has 0 atom stereocenters. The van der Waals surface area contributed by atoms with Gasteiger partial charge in [-0.25, -0.2) is 15.0 Å². The number of benzene rings is 1. The molecule has 1 aromatic carbocycles. The van der Waals surface area contributed by atoms with E-state index in [1.54, 1.807) is 41.6 Å². The Kier molecular flexibility index (Phi) is 4.44. The number of rotatable bonds is 5. The van der Waals surface area contributed by atoms with Gasteiger partial charge < -0.3 is 5.32 Å². The molecule has 3 aromatic heterocycles. The number of aryl methyl sites for hydroxylation is 1. The number of hydrogen-bond donors (Lipinski definition) is 2. The molecular formula is C19H17N7O. The number of H-pyrrole nitrogens is 1. The maximum atomic E-state index is 12.8. The van der Waals surface area contributed by atoms with Gasteiger partial charge in [-0.05, 0) is 24.3 Å². The number of amides is 1. The lowest BCUT2D eigenvalue weighted by atomic mass is 10.1. The van der Waals surface area contributed by atoms with Gasteiger partial charge in [0.25, 0.3) is 5.91 Å². The van der Waals surface area contributed by atoms with Crippen molar-refractivity contribution >= 4 is 11.6 Å². The summed E-state index contributed by atoms with van der Waals surface area (Å²) in [5, 5.41) is 10.1. The third-order valence-electron chi connectivity index (χ3n) is 4.06. The Hall–Kier alpha value is -3.81. The summed E-state index contributed by atoms with van der Waals surface area (Å²) in [6.45, 7) is 2.00. The predicted molar refractivity (Wildman–Crippen MR) is 101 cm³/mol. The number of imidazole rings is 1. The van der Waals surface area contributed by atoms with Crippen LogP contribution in [0, 0.1) is 0 Å². The zero-order valence-corrected chi connectivity index (χ0v) is 14.6. The van der Waals surface area contributed by atoms with Crippen LogP contribution in [0.1, 0.15) is 23.1 Å². The van der Waals surface area contributed by atoms with Crippen LogP contribution in [-0.2, 0) is 6.42 Å². The van der Waals surface area contributed by atoms with E-state index < -0.39 is 0 Å². The van der Waals surface area contributed by atoms with Gasteiger partial charge >= 0.3 is 0 Å². The van der Waals surface area contributed by atoms with E-state index in [1.807, 2.05) is 31.2 Å². The zero-order valence-electron chi connectivity index (χ0n) is 14.6. The highest BCUT2D eigenvalue weighted by molar-refractivity contribution is 6.06. The molecule has 0 aliphatic rings. The van der Waals surface area contributed by atoms with Crippen molar-refractivity contribution in [1.82, 2.24) is 29.7 Å². The van der Waals surface area contributed by atoms with E-state index in [0.29, 0.717) is 22.9 Å². The maximum absolute atomic E-state index is 12.8. The summed E-state index contributed by atoms with van der Waals surface area (Å²) in [6, 6.07) is 10.8. The molecule has 27 heavy (non-hydrogen) atoms. The monoisotopic (exact) mass is 359 g/mol. The van der Waals surface area contributed by atoms with E-state index in [2.05, 4.69) is 30.5 Å². The number of carbonyl (C=O) groups is 1. The van der Waals surface area contributed by atoms with Gasteiger partial charge in [-0.3, -0.25) is 14.5 Å². The second-order valence-electron chi connectivity index (χ2n) is 5.83. The van der Waals surface area contributed by atoms with Crippen molar-refractivity contribution in [2.75, 3.05) is 5.32 Å². The Labute approximate surface area is 155 Å². The number of nitrogens with one attached hydrogen (secondary N) is 2. The molecule has 4 rings (SSSR count). The molecular weight excluding hydrogens is 342 g/mol. The summed E-state index contributed by atoms with van der Waals surface area (Å²) >= 11 is 0. The average molecular weight is 359 g/mol. The highest BCUT2D eigenvalue weighted by atomic mass is 16.1. The van der Waals surface area contributed by atoms with Crippen molar-refractivity contribution in [2.45, 2.75) is 13.3 Å². The molecule has 3 heterocycles. The van der Waals surface area contributed by atoms with Crippen molar-refractivity contribution in [3.05, 3.63) is 72.7 Å². The van der Waals surface area contributed by atoms with Crippen molar-refractivity contribution < 1.29 is 4.79 Å². The van der Waals surface area contributed by atoms with E-state index in [1.165, 1.54) is 0 Å². The molecule has 0 aliphatic carbocycles. The van der Waals surface area contributed by atoms with E-state index in [-0.39, 0.29) is 5.91 Å². The summed E-state index contributed by atoms with van der Waals surface area (Å²) in [6.07, 6.45) is 7.42. The highest BCUT2D eigenvalue weighted by Gasteiger charge is 2.14. The van der Waals surface area contributed by atoms with Crippen molar-refractivity contribution in [2.24, 2.45) is 0 Å². The minimum atomic E-state index is -0.238. The lowest BCUT2D eigenvalue weighted by Crippen LogP contribution is -2.13.